The van der Waals surface area contributed by atoms with E-state index in [-0.39, 0.29) is 0 Å². The van der Waals surface area contributed by atoms with Crippen LogP contribution in [-0.4, -0.2) is 5.91 Å². The first kappa shape index (κ1) is 8.19. The fraction of sp³-hybridized carbons (Fsp3) is 0. The van der Waals surface area contributed by atoms with Gasteiger partial charge in [-0.3, -0.25) is 4.79 Å². The Morgan fingerprint density at radius 2 is 2.31 bits per heavy atom. The molecule has 2 rings (SSSR count). The van der Waals surface area contributed by atoms with Gasteiger partial charge in [0.1, 0.15) is 0 Å². The van der Waals surface area contributed by atoms with Crippen LogP contribution < -0.4 is 10.5 Å². The van der Waals surface area contributed by atoms with Crippen molar-refractivity contribution in [2.75, 3.05) is 4.72 Å². The largest absolute Gasteiger partial charge is 0.366 e. The minimum atomic E-state index is -0.403. The van der Waals surface area contributed by atoms with E-state index in [1.54, 1.807) is 6.07 Å². The number of hydrogen-bond donors (Lipinski definition) is 2. The molecule has 0 aromatic heterocycles. The lowest BCUT2D eigenvalue weighted by atomic mass is 10.1. The van der Waals surface area contributed by atoms with E-state index >= 15 is 0 Å². The highest BCUT2D eigenvalue weighted by atomic mass is 32.2. The molecule has 0 saturated carbocycles. The molecule has 1 heterocycles. The number of nitrogens with one attached hydrogen (secondary N) is 1. The number of carbonyl (C=O) groups excluding carboxylic acids is 1. The standard InChI is InChI=1S/C9H8N2OS/c10-9(12)7-3-1-2-6-4-5-13-11-8(6)7/h1-5,11H,(H2,10,12). The van der Waals surface area contributed by atoms with Gasteiger partial charge in [0.15, 0.2) is 0 Å². The lowest BCUT2D eigenvalue weighted by Gasteiger charge is -2.14. The molecule has 1 amide bonds. The number of nitrogens with two attached hydrogens (primary N) is 1. The Morgan fingerprint density at radius 3 is 3.08 bits per heavy atom. The highest BCUT2D eigenvalue weighted by Gasteiger charge is 2.12. The van der Waals surface area contributed by atoms with Crippen LogP contribution in [0.25, 0.3) is 6.08 Å². The van der Waals surface area contributed by atoms with Crippen molar-refractivity contribution in [3.63, 3.8) is 0 Å². The summed E-state index contributed by atoms with van der Waals surface area (Å²) in [6, 6.07) is 5.47. The maximum atomic E-state index is 11.0. The smallest absolute Gasteiger partial charge is 0.250 e. The number of fused-ring (bicyclic) bond motifs is 1. The molecule has 0 fully saturated rings. The van der Waals surface area contributed by atoms with Gasteiger partial charge in [-0.05, 0) is 35.1 Å². The first-order chi connectivity index (χ1) is 6.29. The molecule has 1 aliphatic heterocycles. The zero-order chi connectivity index (χ0) is 9.26. The molecule has 13 heavy (non-hydrogen) atoms. The summed E-state index contributed by atoms with van der Waals surface area (Å²) in [6.07, 6.45) is 1.95. The summed E-state index contributed by atoms with van der Waals surface area (Å²) in [5.74, 6) is -0.403. The first-order valence-corrected chi connectivity index (χ1v) is 4.68. The second-order valence-corrected chi connectivity index (χ2v) is 3.37. The number of para-hydroxylation sites is 1. The first-order valence-electron chi connectivity index (χ1n) is 3.80. The SMILES string of the molecule is NC(=O)c1cccc2c1NSC=C2. The molecular weight excluding hydrogens is 184 g/mol. The minimum absolute atomic E-state index is 0.403. The molecular formula is C9H8N2OS. The quantitative estimate of drug-likeness (QED) is 0.667. The van der Waals surface area contributed by atoms with Gasteiger partial charge in [0.25, 0.3) is 5.91 Å². The summed E-state index contributed by atoms with van der Waals surface area (Å²) in [5, 5.41) is 1.92. The normalized spacial score (nSPS) is 13.2. The van der Waals surface area contributed by atoms with E-state index in [4.69, 9.17) is 5.73 Å². The van der Waals surface area contributed by atoms with Gasteiger partial charge in [0.2, 0.25) is 0 Å². The molecule has 0 unspecified atom stereocenters. The molecule has 0 saturated heterocycles. The Balaban J connectivity index is 2.59. The van der Waals surface area contributed by atoms with Gasteiger partial charge in [-0.2, -0.15) is 0 Å². The lowest BCUT2D eigenvalue weighted by molar-refractivity contribution is 0.100. The van der Waals surface area contributed by atoms with Gasteiger partial charge < -0.3 is 10.5 Å². The zero-order valence-corrected chi connectivity index (χ0v) is 7.60. The van der Waals surface area contributed by atoms with Gasteiger partial charge >= 0.3 is 0 Å². The number of rotatable bonds is 1. The van der Waals surface area contributed by atoms with E-state index in [0.29, 0.717) is 5.56 Å². The Hall–Kier alpha value is -1.42. The fourth-order valence-electron chi connectivity index (χ4n) is 1.23. The molecule has 0 aliphatic carbocycles. The molecule has 1 aromatic rings. The molecule has 0 spiro atoms. The summed E-state index contributed by atoms with van der Waals surface area (Å²) in [4.78, 5) is 11.0. The van der Waals surface area contributed by atoms with Crippen molar-refractivity contribution >= 4 is 29.6 Å². The van der Waals surface area contributed by atoms with E-state index in [1.807, 2.05) is 23.6 Å². The summed E-state index contributed by atoms with van der Waals surface area (Å²) >= 11 is 1.43. The Kier molecular flexibility index (Phi) is 1.98. The van der Waals surface area contributed by atoms with Crippen LogP contribution in [0.2, 0.25) is 0 Å². The lowest BCUT2D eigenvalue weighted by Crippen LogP contribution is -2.13. The van der Waals surface area contributed by atoms with Crippen molar-refractivity contribution in [1.82, 2.24) is 0 Å². The highest BCUT2D eigenvalue weighted by Crippen LogP contribution is 2.29. The second-order valence-electron chi connectivity index (χ2n) is 2.66. The topological polar surface area (TPSA) is 55.1 Å². The molecule has 0 radical (unpaired) electrons. The predicted molar refractivity (Wildman–Crippen MR) is 55.2 cm³/mol. The number of anilines is 1. The van der Waals surface area contributed by atoms with E-state index in [1.165, 1.54) is 11.9 Å². The Morgan fingerprint density at radius 1 is 1.46 bits per heavy atom. The third-order valence-corrected chi connectivity index (χ3v) is 2.43. The van der Waals surface area contributed by atoms with Crippen LogP contribution in [0.3, 0.4) is 0 Å². The van der Waals surface area contributed by atoms with Crippen LogP contribution in [0, 0.1) is 0 Å². The zero-order valence-electron chi connectivity index (χ0n) is 6.78. The van der Waals surface area contributed by atoms with Crippen LogP contribution in [0.15, 0.2) is 23.6 Å². The van der Waals surface area contributed by atoms with Gasteiger partial charge in [-0.25, -0.2) is 0 Å². The number of benzene rings is 1. The monoisotopic (exact) mass is 192 g/mol. The van der Waals surface area contributed by atoms with Crippen LogP contribution >= 0.6 is 11.9 Å². The third kappa shape index (κ3) is 1.40. The van der Waals surface area contributed by atoms with Crippen molar-refractivity contribution in [1.29, 1.82) is 0 Å². The van der Waals surface area contributed by atoms with E-state index in [9.17, 15) is 4.79 Å². The van der Waals surface area contributed by atoms with Gasteiger partial charge in [-0.1, -0.05) is 12.1 Å². The molecule has 3 N–H and O–H groups in total. The van der Waals surface area contributed by atoms with Gasteiger partial charge in [-0.15, -0.1) is 0 Å². The molecule has 3 nitrogen and oxygen atoms in total. The maximum Gasteiger partial charge on any atom is 0.250 e. The number of primary amides is 1. The molecule has 4 heteroatoms. The summed E-state index contributed by atoms with van der Waals surface area (Å²) in [5.41, 5.74) is 7.57. The van der Waals surface area contributed by atoms with Crippen LogP contribution in [0.1, 0.15) is 15.9 Å². The van der Waals surface area contributed by atoms with Crippen molar-refractivity contribution in [2.24, 2.45) is 5.73 Å². The molecule has 1 aliphatic rings. The number of carbonyl (C=O) groups is 1. The average molecular weight is 192 g/mol. The number of amides is 1. The number of hydrogen-bond acceptors (Lipinski definition) is 3. The minimum Gasteiger partial charge on any atom is -0.366 e. The summed E-state index contributed by atoms with van der Waals surface area (Å²) in [6.45, 7) is 0. The van der Waals surface area contributed by atoms with Gasteiger partial charge in [0, 0.05) is 0 Å². The van der Waals surface area contributed by atoms with E-state index < -0.39 is 5.91 Å². The summed E-state index contributed by atoms with van der Waals surface area (Å²) < 4.78 is 3.04. The van der Waals surface area contributed by atoms with Crippen molar-refractivity contribution < 1.29 is 4.79 Å². The maximum absolute atomic E-state index is 11.0. The van der Waals surface area contributed by atoms with E-state index in [0.717, 1.165) is 11.3 Å². The molecule has 0 bridgehead atoms. The molecule has 1 aromatic carbocycles. The summed E-state index contributed by atoms with van der Waals surface area (Å²) in [7, 11) is 0. The van der Waals surface area contributed by atoms with Gasteiger partial charge in [0.05, 0.1) is 11.3 Å². The highest BCUT2D eigenvalue weighted by molar-refractivity contribution is 8.03. The Labute approximate surface area is 80.1 Å². The van der Waals surface area contributed by atoms with E-state index in [2.05, 4.69) is 4.72 Å². The second kappa shape index (κ2) is 3.14. The third-order valence-electron chi connectivity index (χ3n) is 1.84. The molecule has 0 atom stereocenters. The molecule has 66 valence electrons. The fourth-order valence-corrected chi connectivity index (χ4v) is 1.86. The predicted octanol–water partition coefficient (Wildman–Crippen LogP) is 1.83. The van der Waals surface area contributed by atoms with Crippen LogP contribution in [0.4, 0.5) is 5.69 Å². The van der Waals surface area contributed by atoms with Crippen molar-refractivity contribution in [3.8, 4) is 0 Å². The van der Waals surface area contributed by atoms with Crippen molar-refractivity contribution in [2.45, 2.75) is 0 Å². The van der Waals surface area contributed by atoms with Crippen LogP contribution in [0.5, 0.6) is 0 Å². The Bertz CT molecular complexity index is 387. The average Bonchev–Trinajstić information content (AvgIpc) is 2.17. The van der Waals surface area contributed by atoms with Crippen LogP contribution in [-0.2, 0) is 0 Å². The van der Waals surface area contributed by atoms with Crippen molar-refractivity contribution in [3.05, 3.63) is 34.7 Å².